The highest BCUT2D eigenvalue weighted by molar-refractivity contribution is 7.99. The van der Waals surface area contributed by atoms with E-state index in [1.54, 1.807) is 24.3 Å². The van der Waals surface area contributed by atoms with Crippen molar-refractivity contribution >= 4 is 29.3 Å². The lowest BCUT2D eigenvalue weighted by Crippen LogP contribution is -2.29. The number of hydrogen-bond acceptors (Lipinski definition) is 5. The third-order valence-electron chi connectivity index (χ3n) is 2.99. The van der Waals surface area contributed by atoms with E-state index in [-0.39, 0.29) is 12.2 Å². The molecular formula is C17H15N3O2S. The summed E-state index contributed by atoms with van der Waals surface area (Å²) in [5, 5.41) is 11.6. The summed E-state index contributed by atoms with van der Waals surface area (Å²) in [6.07, 6.45) is 1.68. The number of hydrogen-bond donors (Lipinski definition) is 1. The first kappa shape index (κ1) is 16.7. The fraction of sp³-hybridized carbons (Fsp3) is 0.176. The largest absolute Gasteiger partial charge is 0.309 e. The number of anilines is 1. The lowest BCUT2D eigenvalue weighted by atomic mass is 10.0. The van der Waals surface area contributed by atoms with Crippen molar-refractivity contribution in [2.24, 2.45) is 5.92 Å². The number of carbonyl (C=O) groups excluding carboxylic acids is 2. The molecular weight excluding hydrogens is 310 g/mol. The molecule has 0 bridgehead atoms. The van der Waals surface area contributed by atoms with Gasteiger partial charge < -0.3 is 5.32 Å². The maximum atomic E-state index is 12.1. The molecule has 1 atom stereocenters. The van der Waals surface area contributed by atoms with Crippen LogP contribution < -0.4 is 5.32 Å². The van der Waals surface area contributed by atoms with Crippen LogP contribution in [-0.2, 0) is 9.59 Å². The van der Waals surface area contributed by atoms with Crippen LogP contribution >= 0.6 is 11.8 Å². The molecule has 1 N–H and O–H groups in total. The molecule has 0 spiro atoms. The van der Waals surface area contributed by atoms with E-state index < -0.39 is 11.8 Å². The van der Waals surface area contributed by atoms with Gasteiger partial charge in [0, 0.05) is 23.3 Å². The number of aromatic nitrogens is 1. The Morgan fingerprint density at radius 1 is 1.17 bits per heavy atom. The van der Waals surface area contributed by atoms with Crippen LogP contribution in [0.4, 0.5) is 5.82 Å². The van der Waals surface area contributed by atoms with Crippen molar-refractivity contribution in [2.75, 3.05) is 11.1 Å². The summed E-state index contributed by atoms with van der Waals surface area (Å²) in [6, 6.07) is 16.4. The molecule has 0 saturated heterocycles. The van der Waals surface area contributed by atoms with Crippen molar-refractivity contribution in [3.8, 4) is 6.07 Å². The molecule has 0 aliphatic carbocycles. The number of nitrogens with one attached hydrogen (secondary N) is 1. The van der Waals surface area contributed by atoms with Crippen molar-refractivity contribution in [2.45, 2.75) is 11.3 Å². The number of thioether (sulfide) groups is 1. The van der Waals surface area contributed by atoms with Crippen molar-refractivity contribution in [1.82, 2.24) is 4.98 Å². The van der Waals surface area contributed by atoms with Crippen molar-refractivity contribution in [3.05, 3.63) is 54.7 Å². The van der Waals surface area contributed by atoms with Gasteiger partial charge >= 0.3 is 0 Å². The van der Waals surface area contributed by atoms with E-state index in [0.717, 1.165) is 4.90 Å². The van der Waals surface area contributed by atoms with Crippen LogP contribution in [0.3, 0.4) is 0 Å². The van der Waals surface area contributed by atoms with Gasteiger partial charge in [0.25, 0.3) is 5.91 Å². The predicted octanol–water partition coefficient (Wildman–Crippen LogP) is 2.91. The Labute approximate surface area is 138 Å². The second-order valence-electron chi connectivity index (χ2n) is 4.64. The summed E-state index contributed by atoms with van der Waals surface area (Å²) < 4.78 is 0. The maximum absolute atomic E-state index is 12.1. The Morgan fingerprint density at radius 2 is 1.91 bits per heavy atom. The summed E-state index contributed by atoms with van der Waals surface area (Å²) in [5.74, 6) is -1.49. The normalized spacial score (nSPS) is 11.3. The second kappa shape index (κ2) is 8.71. The Morgan fingerprint density at radius 3 is 2.57 bits per heavy atom. The first-order chi connectivity index (χ1) is 11.2. The van der Waals surface area contributed by atoms with Crippen LogP contribution in [-0.4, -0.2) is 22.4 Å². The van der Waals surface area contributed by atoms with Gasteiger partial charge in [0.05, 0.1) is 6.07 Å². The smallest absolute Gasteiger partial charge is 0.250 e. The van der Waals surface area contributed by atoms with Gasteiger partial charge in [-0.2, -0.15) is 5.26 Å². The predicted molar refractivity (Wildman–Crippen MR) is 88.8 cm³/mol. The van der Waals surface area contributed by atoms with Gasteiger partial charge in [-0.1, -0.05) is 24.3 Å². The molecule has 5 nitrogen and oxygen atoms in total. The first-order valence-electron chi connectivity index (χ1n) is 7.03. The van der Waals surface area contributed by atoms with Gasteiger partial charge in [-0.3, -0.25) is 9.59 Å². The summed E-state index contributed by atoms with van der Waals surface area (Å²) in [4.78, 5) is 29.1. The topological polar surface area (TPSA) is 82.8 Å². The molecule has 1 aromatic heterocycles. The van der Waals surface area contributed by atoms with Crippen LogP contribution in [0.5, 0.6) is 0 Å². The number of rotatable bonds is 7. The van der Waals surface area contributed by atoms with Gasteiger partial charge in [-0.05, 0) is 24.3 Å². The highest BCUT2D eigenvalue weighted by Crippen LogP contribution is 2.19. The van der Waals surface area contributed by atoms with E-state index in [9.17, 15) is 9.59 Å². The Bertz CT molecular complexity index is 699. The summed E-state index contributed by atoms with van der Waals surface area (Å²) >= 11 is 1.52. The Balaban J connectivity index is 1.86. The number of nitriles is 1. The fourth-order valence-electron chi connectivity index (χ4n) is 1.84. The fourth-order valence-corrected chi connectivity index (χ4v) is 2.73. The third-order valence-corrected chi connectivity index (χ3v) is 4.00. The Kier molecular flexibility index (Phi) is 6.33. The molecule has 0 radical (unpaired) electrons. The van der Waals surface area contributed by atoms with Crippen LogP contribution in [0.25, 0.3) is 0 Å². The van der Waals surface area contributed by atoms with E-state index >= 15 is 0 Å². The molecule has 116 valence electrons. The maximum Gasteiger partial charge on any atom is 0.250 e. The second-order valence-corrected chi connectivity index (χ2v) is 5.81. The highest BCUT2D eigenvalue weighted by Gasteiger charge is 2.26. The van der Waals surface area contributed by atoms with Crippen LogP contribution in [0, 0.1) is 17.2 Å². The third kappa shape index (κ3) is 5.24. The molecule has 23 heavy (non-hydrogen) atoms. The lowest BCUT2D eigenvalue weighted by molar-refractivity contribution is -0.128. The monoisotopic (exact) mass is 325 g/mol. The van der Waals surface area contributed by atoms with E-state index in [4.69, 9.17) is 5.26 Å². The lowest BCUT2D eigenvalue weighted by Gasteiger charge is -2.09. The highest BCUT2D eigenvalue weighted by atomic mass is 32.2. The minimum Gasteiger partial charge on any atom is -0.309 e. The van der Waals surface area contributed by atoms with Gasteiger partial charge in [-0.25, -0.2) is 4.98 Å². The molecule has 6 heteroatoms. The van der Waals surface area contributed by atoms with E-state index in [1.807, 2.05) is 30.3 Å². The SMILES string of the molecule is N#CC(C(=O)CCSc1ccccc1)C(=O)Nc1ccccn1. The first-order valence-corrected chi connectivity index (χ1v) is 8.01. The molecule has 1 heterocycles. The molecule has 0 saturated carbocycles. The number of carbonyl (C=O) groups is 2. The number of nitrogens with zero attached hydrogens (tertiary/aromatic N) is 2. The van der Waals surface area contributed by atoms with Gasteiger partial charge in [0.15, 0.2) is 11.7 Å². The van der Waals surface area contributed by atoms with Gasteiger partial charge in [0.1, 0.15) is 5.82 Å². The summed E-state index contributed by atoms with van der Waals surface area (Å²) in [6.45, 7) is 0. The number of pyridine rings is 1. The zero-order valence-electron chi connectivity index (χ0n) is 12.3. The van der Waals surface area contributed by atoms with Crippen LogP contribution in [0.15, 0.2) is 59.6 Å². The van der Waals surface area contributed by atoms with Crippen LogP contribution in [0.2, 0.25) is 0 Å². The zero-order chi connectivity index (χ0) is 16.5. The summed E-state index contributed by atoms with van der Waals surface area (Å²) in [5.41, 5.74) is 0. The zero-order valence-corrected chi connectivity index (χ0v) is 13.1. The molecule has 0 aliphatic rings. The minimum atomic E-state index is -1.31. The average Bonchev–Trinajstić information content (AvgIpc) is 2.57. The van der Waals surface area contributed by atoms with Crippen molar-refractivity contribution < 1.29 is 9.59 Å². The average molecular weight is 325 g/mol. The number of benzene rings is 1. The Hall–Kier alpha value is -2.65. The standard InChI is InChI=1S/C17H15N3O2S/c18-12-14(17(22)20-16-8-4-5-10-19-16)15(21)9-11-23-13-6-2-1-3-7-13/h1-8,10,14H,9,11H2,(H,19,20,22). The number of amides is 1. The molecule has 2 rings (SSSR count). The van der Waals surface area contributed by atoms with Crippen LogP contribution in [0.1, 0.15) is 6.42 Å². The molecule has 1 unspecified atom stereocenters. The molecule has 1 amide bonds. The van der Waals surface area contributed by atoms with E-state index in [0.29, 0.717) is 11.6 Å². The molecule has 2 aromatic rings. The van der Waals surface area contributed by atoms with Crippen molar-refractivity contribution in [1.29, 1.82) is 5.26 Å². The van der Waals surface area contributed by atoms with Gasteiger partial charge in [-0.15, -0.1) is 11.8 Å². The quantitative estimate of drug-likeness (QED) is 0.625. The minimum absolute atomic E-state index is 0.160. The van der Waals surface area contributed by atoms with E-state index in [2.05, 4.69) is 10.3 Å². The molecule has 0 fully saturated rings. The molecule has 1 aromatic carbocycles. The van der Waals surface area contributed by atoms with Gasteiger partial charge in [0.2, 0.25) is 0 Å². The number of ketones is 1. The molecule has 0 aliphatic heterocycles. The van der Waals surface area contributed by atoms with Crippen molar-refractivity contribution in [3.63, 3.8) is 0 Å². The summed E-state index contributed by atoms with van der Waals surface area (Å²) in [7, 11) is 0. The number of Topliss-reactive ketones (excluding diaryl/α,β-unsaturated/α-hetero) is 1. The van der Waals surface area contributed by atoms with E-state index in [1.165, 1.54) is 18.0 Å².